The second-order valence-corrected chi connectivity index (χ2v) is 7.96. The van der Waals surface area contributed by atoms with E-state index < -0.39 is 0 Å². The van der Waals surface area contributed by atoms with Crippen LogP contribution in [0.4, 0.5) is 0 Å². The molecule has 0 aromatic heterocycles. The second kappa shape index (κ2) is 10.1. The van der Waals surface area contributed by atoms with E-state index in [2.05, 4.69) is 40.2 Å². The molecular weight excluding hydrogens is 456 g/mol. The second-order valence-electron chi connectivity index (χ2n) is 7.10. The van der Waals surface area contributed by atoms with Crippen LogP contribution in [0.2, 0.25) is 0 Å². The number of ether oxygens (including phenoxy) is 2. The molecule has 0 saturated heterocycles. The van der Waals surface area contributed by atoms with Gasteiger partial charge in [-0.2, -0.15) is 5.26 Å². The highest BCUT2D eigenvalue weighted by Gasteiger charge is 2.15. The largest absolute Gasteiger partial charge is 0.490 e. The van der Waals surface area contributed by atoms with Crippen molar-refractivity contribution in [1.29, 1.82) is 5.26 Å². The summed E-state index contributed by atoms with van der Waals surface area (Å²) in [4.78, 5) is 13.5. The maximum Gasteiger partial charge on any atom is 0.264 e. The summed E-state index contributed by atoms with van der Waals surface area (Å²) in [6.45, 7) is 2.72. The van der Waals surface area contributed by atoms with Crippen LogP contribution >= 0.6 is 15.9 Å². The van der Waals surface area contributed by atoms with Crippen molar-refractivity contribution >= 4 is 38.7 Å². The SMILES string of the molecule is CCOc1cc(/C=C(/C#N)C(=O)N(C)C)cc(Br)c1OCc1ccc2ccccc2c1. The van der Waals surface area contributed by atoms with Gasteiger partial charge in [0.15, 0.2) is 11.5 Å². The van der Waals surface area contributed by atoms with Crippen molar-refractivity contribution in [2.75, 3.05) is 20.7 Å². The van der Waals surface area contributed by atoms with Crippen molar-refractivity contribution in [3.63, 3.8) is 0 Å². The van der Waals surface area contributed by atoms with Crippen LogP contribution in [-0.4, -0.2) is 31.5 Å². The molecule has 0 fully saturated rings. The number of nitriles is 1. The van der Waals surface area contributed by atoms with E-state index in [1.807, 2.05) is 31.2 Å². The number of amides is 1. The van der Waals surface area contributed by atoms with Gasteiger partial charge >= 0.3 is 0 Å². The summed E-state index contributed by atoms with van der Waals surface area (Å²) < 4.78 is 12.6. The quantitative estimate of drug-likeness (QED) is 0.328. The Kier molecular flexibility index (Phi) is 7.32. The van der Waals surface area contributed by atoms with Crippen molar-refractivity contribution < 1.29 is 14.3 Å². The van der Waals surface area contributed by atoms with Gasteiger partial charge in [-0.1, -0.05) is 36.4 Å². The highest BCUT2D eigenvalue weighted by atomic mass is 79.9. The third kappa shape index (κ3) is 5.44. The zero-order chi connectivity index (χ0) is 22.4. The molecule has 0 aliphatic heterocycles. The Morgan fingerprint density at radius 1 is 1.10 bits per heavy atom. The minimum Gasteiger partial charge on any atom is -0.490 e. The minimum absolute atomic E-state index is 0.0455. The summed E-state index contributed by atoms with van der Waals surface area (Å²) in [5, 5.41) is 11.7. The predicted molar refractivity (Wildman–Crippen MR) is 126 cm³/mol. The number of fused-ring (bicyclic) bond motifs is 1. The molecule has 3 aromatic carbocycles. The lowest BCUT2D eigenvalue weighted by Gasteiger charge is -2.15. The number of halogens is 1. The molecule has 0 radical (unpaired) electrons. The standard InChI is InChI=1S/C25H23BrN2O3/c1-4-30-23-14-18(12-21(15-27)25(29)28(2)3)13-22(26)24(23)31-16-17-9-10-19-7-5-6-8-20(19)11-17/h5-14H,4,16H2,1-3H3/b21-12-. The topological polar surface area (TPSA) is 62.6 Å². The average Bonchev–Trinajstić information content (AvgIpc) is 2.76. The van der Waals surface area contributed by atoms with E-state index >= 15 is 0 Å². The van der Waals surface area contributed by atoms with Crippen molar-refractivity contribution in [3.05, 3.63) is 75.8 Å². The third-order valence-electron chi connectivity index (χ3n) is 4.60. The Bertz CT molecular complexity index is 1180. The molecule has 0 spiro atoms. The Morgan fingerprint density at radius 3 is 2.52 bits per heavy atom. The van der Waals surface area contributed by atoms with Crippen LogP contribution in [0.5, 0.6) is 11.5 Å². The lowest BCUT2D eigenvalue weighted by Crippen LogP contribution is -2.22. The maximum atomic E-state index is 12.2. The number of nitrogens with zero attached hydrogens (tertiary/aromatic N) is 2. The fourth-order valence-electron chi connectivity index (χ4n) is 3.11. The van der Waals surface area contributed by atoms with Crippen LogP contribution in [0.1, 0.15) is 18.1 Å². The van der Waals surface area contributed by atoms with Crippen molar-refractivity contribution in [2.45, 2.75) is 13.5 Å². The first-order chi connectivity index (χ1) is 14.9. The van der Waals surface area contributed by atoms with Crippen LogP contribution in [0.15, 0.2) is 64.6 Å². The van der Waals surface area contributed by atoms with Crippen molar-refractivity contribution in [1.82, 2.24) is 4.90 Å². The lowest BCUT2D eigenvalue weighted by molar-refractivity contribution is -0.124. The molecule has 0 unspecified atom stereocenters. The van der Waals surface area contributed by atoms with E-state index in [1.165, 1.54) is 10.3 Å². The molecule has 158 valence electrons. The Balaban J connectivity index is 1.89. The van der Waals surface area contributed by atoms with Gasteiger partial charge in [-0.15, -0.1) is 0 Å². The van der Waals surface area contributed by atoms with Gasteiger partial charge in [-0.25, -0.2) is 0 Å². The Morgan fingerprint density at radius 2 is 1.84 bits per heavy atom. The molecule has 0 N–H and O–H groups in total. The molecular formula is C25H23BrN2O3. The molecule has 0 aliphatic carbocycles. The van der Waals surface area contributed by atoms with Gasteiger partial charge in [0.25, 0.3) is 5.91 Å². The van der Waals surface area contributed by atoms with E-state index in [1.54, 1.807) is 32.3 Å². The first-order valence-corrected chi connectivity index (χ1v) is 10.6. The van der Waals surface area contributed by atoms with Gasteiger partial charge in [0, 0.05) is 14.1 Å². The number of rotatable bonds is 7. The Labute approximate surface area is 190 Å². The third-order valence-corrected chi connectivity index (χ3v) is 5.19. The molecule has 5 nitrogen and oxygen atoms in total. The molecule has 0 aliphatic rings. The fourth-order valence-corrected chi connectivity index (χ4v) is 3.68. The summed E-state index contributed by atoms with van der Waals surface area (Å²) in [7, 11) is 3.22. The molecule has 1 amide bonds. The molecule has 3 aromatic rings. The number of carbonyl (C=O) groups is 1. The molecule has 0 heterocycles. The monoisotopic (exact) mass is 478 g/mol. The molecule has 0 atom stereocenters. The first-order valence-electron chi connectivity index (χ1n) is 9.83. The van der Waals surface area contributed by atoms with Crippen LogP contribution in [0, 0.1) is 11.3 Å². The minimum atomic E-state index is -0.354. The van der Waals surface area contributed by atoms with Gasteiger partial charge < -0.3 is 14.4 Å². The Hall–Kier alpha value is -3.30. The number of carbonyl (C=O) groups excluding carboxylic acids is 1. The highest BCUT2D eigenvalue weighted by molar-refractivity contribution is 9.10. The fraction of sp³-hybridized carbons (Fsp3) is 0.200. The summed E-state index contributed by atoms with van der Waals surface area (Å²) in [6.07, 6.45) is 1.54. The van der Waals surface area contributed by atoms with Crippen LogP contribution in [0.25, 0.3) is 16.8 Å². The van der Waals surface area contributed by atoms with E-state index in [9.17, 15) is 10.1 Å². The van der Waals surface area contributed by atoms with Gasteiger partial charge in [0.2, 0.25) is 0 Å². The summed E-state index contributed by atoms with van der Waals surface area (Å²) >= 11 is 3.55. The van der Waals surface area contributed by atoms with Crippen molar-refractivity contribution in [2.24, 2.45) is 0 Å². The van der Waals surface area contributed by atoms with Gasteiger partial charge in [-0.05, 0) is 69.0 Å². The average molecular weight is 479 g/mol. The molecule has 6 heteroatoms. The van der Waals surface area contributed by atoms with Crippen LogP contribution in [-0.2, 0) is 11.4 Å². The van der Waals surface area contributed by atoms with E-state index in [0.717, 1.165) is 10.9 Å². The number of hydrogen-bond acceptors (Lipinski definition) is 4. The first kappa shape index (κ1) is 22.4. The summed E-state index contributed by atoms with van der Waals surface area (Å²) in [5.74, 6) is 0.760. The number of hydrogen-bond donors (Lipinski definition) is 0. The van der Waals surface area contributed by atoms with E-state index in [0.29, 0.717) is 34.7 Å². The predicted octanol–water partition coefficient (Wildman–Crippen LogP) is 5.58. The molecule has 0 saturated carbocycles. The van der Waals surface area contributed by atoms with Gasteiger partial charge in [0.05, 0.1) is 11.1 Å². The maximum absolute atomic E-state index is 12.2. The number of benzene rings is 3. The normalized spacial score (nSPS) is 11.1. The lowest BCUT2D eigenvalue weighted by atomic mass is 10.1. The molecule has 3 rings (SSSR count). The van der Waals surface area contributed by atoms with Crippen molar-refractivity contribution in [3.8, 4) is 17.6 Å². The van der Waals surface area contributed by atoms with Crippen LogP contribution < -0.4 is 9.47 Å². The van der Waals surface area contributed by atoms with Gasteiger partial charge in [-0.3, -0.25) is 4.79 Å². The zero-order valence-electron chi connectivity index (χ0n) is 17.7. The van der Waals surface area contributed by atoms with E-state index in [4.69, 9.17) is 9.47 Å². The van der Waals surface area contributed by atoms with E-state index in [-0.39, 0.29) is 11.5 Å². The van der Waals surface area contributed by atoms with Gasteiger partial charge in [0.1, 0.15) is 18.2 Å². The highest BCUT2D eigenvalue weighted by Crippen LogP contribution is 2.38. The zero-order valence-corrected chi connectivity index (χ0v) is 19.3. The van der Waals surface area contributed by atoms with Crippen LogP contribution in [0.3, 0.4) is 0 Å². The smallest absolute Gasteiger partial charge is 0.264 e. The number of likely N-dealkylation sites (N-methyl/N-ethyl adjacent to an activating group) is 1. The summed E-state index contributed by atoms with van der Waals surface area (Å²) in [6, 6.07) is 19.9. The summed E-state index contributed by atoms with van der Waals surface area (Å²) in [5.41, 5.74) is 1.75. The molecule has 31 heavy (non-hydrogen) atoms. The molecule has 0 bridgehead atoms.